The molecule has 1 aliphatic carbocycles. The molecule has 0 unspecified atom stereocenters. The number of fused-ring (bicyclic) bond motifs is 4. The molecule has 0 atom stereocenters. The zero-order valence-corrected chi connectivity index (χ0v) is 32.7. The third-order valence-electron chi connectivity index (χ3n) is 10.2. The standard InChI is InChI=1S/C31H27FNO.C15H16N.Ir/c1-30(2)15-16-31(3,4)24-18-19(11-13-23(24)30)27-25(32)14-12-21-20-8-7-9-22(28(20)34-29(21)27)26-10-5-6-17-33-26;1-15(2,3)13-9-10-14(16-11-13)12-7-5-4-6-8-12;/h5-8,10-14,17-18H,15-16H2,1-4H3;4-7,9-11H,1-3H3;/q2*-1;. The summed E-state index contributed by atoms with van der Waals surface area (Å²) in [4.78, 5) is 8.96. The first-order valence-corrected chi connectivity index (χ1v) is 17.4. The Hall–Kier alpha value is -4.44. The van der Waals surface area contributed by atoms with Crippen LogP contribution in [0.1, 0.15) is 78.0 Å². The van der Waals surface area contributed by atoms with Crippen molar-refractivity contribution in [3.05, 3.63) is 144 Å². The third-order valence-corrected chi connectivity index (χ3v) is 10.2. The minimum Gasteiger partial charge on any atom is -0.500 e. The molecule has 261 valence electrons. The van der Waals surface area contributed by atoms with Crippen molar-refractivity contribution in [2.45, 2.75) is 77.6 Å². The minimum atomic E-state index is -0.275. The van der Waals surface area contributed by atoms with E-state index in [2.05, 4.69) is 101 Å². The molecular formula is C46H43FIrN2O-2. The van der Waals surface area contributed by atoms with E-state index in [0.29, 0.717) is 16.7 Å². The normalized spacial score (nSPS) is 14.7. The van der Waals surface area contributed by atoms with E-state index >= 15 is 4.39 Å². The van der Waals surface area contributed by atoms with E-state index in [9.17, 15) is 0 Å². The van der Waals surface area contributed by atoms with Crippen molar-refractivity contribution in [1.82, 2.24) is 9.97 Å². The summed E-state index contributed by atoms with van der Waals surface area (Å²) in [6, 6.07) is 38.0. The van der Waals surface area contributed by atoms with Crippen molar-refractivity contribution < 1.29 is 28.9 Å². The van der Waals surface area contributed by atoms with Crippen LogP contribution in [0.2, 0.25) is 0 Å². The molecular weight excluding hydrogens is 808 g/mol. The molecule has 5 heteroatoms. The number of benzene rings is 4. The Morgan fingerprint density at radius 3 is 2.12 bits per heavy atom. The number of hydrogen-bond donors (Lipinski definition) is 0. The van der Waals surface area contributed by atoms with E-state index < -0.39 is 0 Å². The molecule has 1 radical (unpaired) electrons. The van der Waals surface area contributed by atoms with Gasteiger partial charge in [0.25, 0.3) is 0 Å². The second-order valence-electron chi connectivity index (χ2n) is 15.7. The first kappa shape index (κ1) is 36.4. The third kappa shape index (κ3) is 7.07. The summed E-state index contributed by atoms with van der Waals surface area (Å²) in [6.07, 6.45) is 5.96. The molecule has 0 spiro atoms. The second-order valence-corrected chi connectivity index (χ2v) is 15.7. The summed E-state index contributed by atoms with van der Waals surface area (Å²) in [5.74, 6) is -0.275. The average Bonchev–Trinajstić information content (AvgIpc) is 3.49. The van der Waals surface area contributed by atoms with Crippen molar-refractivity contribution >= 4 is 21.9 Å². The SMILES string of the molecule is CC(C)(C)c1ccc(-c2[c-]cccc2)nc1.CC1(C)CCC(C)(C)c2cc(-c3c(F)ccc4c3oc3c(-c5ccccn5)[c-]ccc34)ccc21.[Ir]. The molecule has 0 saturated heterocycles. The van der Waals surface area contributed by atoms with Gasteiger partial charge < -0.3 is 14.4 Å². The topological polar surface area (TPSA) is 38.9 Å². The van der Waals surface area contributed by atoms with Crippen LogP contribution in [0.4, 0.5) is 4.39 Å². The molecule has 1 aliphatic rings. The Morgan fingerprint density at radius 1 is 0.706 bits per heavy atom. The maximum Gasteiger partial charge on any atom is 0.134 e. The van der Waals surface area contributed by atoms with Gasteiger partial charge in [-0.05, 0) is 80.9 Å². The average molecular weight is 851 g/mol. The molecule has 4 aromatic carbocycles. The van der Waals surface area contributed by atoms with Crippen LogP contribution in [0.5, 0.6) is 0 Å². The number of nitrogens with zero attached hydrogens (tertiary/aromatic N) is 2. The maximum absolute atomic E-state index is 15.5. The van der Waals surface area contributed by atoms with Gasteiger partial charge in [0.1, 0.15) is 11.4 Å². The molecule has 0 amide bonds. The molecule has 7 aromatic rings. The van der Waals surface area contributed by atoms with E-state index in [0.717, 1.165) is 51.7 Å². The molecule has 0 N–H and O–H groups in total. The number of hydrogen-bond acceptors (Lipinski definition) is 3. The smallest absolute Gasteiger partial charge is 0.134 e. The van der Waals surface area contributed by atoms with Gasteiger partial charge in [0.2, 0.25) is 0 Å². The summed E-state index contributed by atoms with van der Waals surface area (Å²) in [5, 5.41) is 1.84. The Balaban J connectivity index is 0.000000222. The van der Waals surface area contributed by atoms with Crippen LogP contribution in [-0.4, -0.2) is 9.97 Å². The predicted molar refractivity (Wildman–Crippen MR) is 204 cm³/mol. The fourth-order valence-corrected chi connectivity index (χ4v) is 7.04. The van der Waals surface area contributed by atoms with Gasteiger partial charge in [-0.3, -0.25) is 0 Å². The van der Waals surface area contributed by atoms with Crippen molar-refractivity contribution in [3.63, 3.8) is 0 Å². The molecule has 3 nitrogen and oxygen atoms in total. The van der Waals surface area contributed by atoms with Crippen LogP contribution in [0, 0.1) is 17.9 Å². The first-order valence-electron chi connectivity index (χ1n) is 17.4. The van der Waals surface area contributed by atoms with Gasteiger partial charge in [0.15, 0.2) is 0 Å². The number of halogens is 1. The van der Waals surface area contributed by atoms with Crippen molar-refractivity contribution in [3.8, 4) is 33.6 Å². The van der Waals surface area contributed by atoms with Gasteiger partial charge in [0.05, 0.1) is 11.1 Å². The Bertz CT molecular complexity index is 2300. The van der Waals surface area contributed by atoms with Gasteiger partial charge in [-0.25, -0.2) is 4.39 Å². The minimum absolute atomic E-state index is 0. The molecule has 3 aromatic heterocycles. The van der Waals surface area contributed by atoms with E-state index in [1.165, 1.54) is 16.7 Å². The number of rotatable bonds is 3. The van der Waals surface area contributed by atoms with Crippen LogP contribution >= 0.6 is 0 Å². The quantitative estimate of drug-likeness (QED) is 0.166. The van der Waals surface area contributed by atoms with Crippen LogP contribution < -0.4 is 0 Å². The molecule has 0 bridgehead atoms. The molecule has 3 heterocycles. The molecule has 0 aliphatic heterocycles. The van der Waals surface area contributed by atoms with E-state index in [4.69, 9.17) is 4.42 Å². The Morgan fingerprint density at radius 2 is 1.45 bits per heavy atom. The Labute approximate surface area is 314 Å². The van der Waals surface area contributed by atoms with Gasteiger partial charge >= 0.3 is 0 Å². The molecule has 51 heavy (non-hydrogen) atoms. The fraction of sp³-hybridized carbons (Fsp3) is 0.261. The summed E-state index contributed by atoms with van der Waals surface area (Å²) in [6.45, 7) is 15.8. The van der Waals surface area contributed by atoms with Crippen LogP contribution in [-0.2, 0) is 36.4 Å². The van der Waals surface area contributed by atoms with Gasteiger partial charge in [-0.2, -0.15) is 0 Å². The van der Waals surface area contributed by atoms with E-state index in [1.54, 1.807) is 12.3 Å². The number of aromatic nitrogens is 2. The van der Waals surface area contributed by atoms with Gasteiger partial charge in [-0.15, -0.1) is 54.1 Å². The Kier molecular flexibility index (Phi) is 9.94. The van der Waals surface area contributed by atoms with Crippen LogP contribution in [0.25, 0.3) is 55.6 Å². The summed E-state index contributed by atoms with van der Waals surface area (Å²) >= 11 is 0. The zero-order valence-electron chi connectivity index (χ0n) is 30.3. The monoisotopic (exact) mass is 851 g/mol. The first-order chi connectivity index (χ1) is 23.8. The summed E-state index contributed by atoms with van der Waals surface area (Å²) < 4.78 is 21.9. The maximum atomic E-state index is 15.5. The van der Waals surface area contributed by atoms with Crippen LogP contribution in [0.3, 0.4) is 0 Å². The van der Waals surface area contributed by atoms with Crippen LogP contribution in [0.15, 0.2) is 114 Å². The molecule has 8 rings (SSSR count). The second kappa shape index (κ2) is 13.9. The van der Waals surface area contributed by atoms with Crippen molar-refractivity contribution in [2.24, 2.45) is 0 Å². The summed E-state index contributed by atoms with van der Waals surface area (Å²) in [7, 11) is 0. The number of furan rings is 1. The largest absolute Gasteiger partial charge is 0.500 e. The summed E-state index contributed by atoms with van der Waals surface area (Å²) in [5.41, 5.74) is 10.4. The predicted octanol–water partition coefficient (Wildman–Crippen LogP) is 12.4. The molecule has 0 fully saturated rings. The van der Waals surface area contributed by atoms with Crippen molar-refractivity contribution in [1.29, 1.82) is 0 Å². The van der Waals surface area contributed by atoms with E-state index in [-0.39, 0.29) is 42.2 Å². The number of pyridine rings is 2. The van der Waals surface area contributed by atoms with E-state index in [1.807, 2.05) is 66.9 Å². The fourth-order valence-electron chi connectivity index (χ4n) is 7.04. The van der Waals surface area contributed by atoms with Gasteiger partial charge in [-0.1, -0.05) is 102 Å². The zero-order chi connectivity index (χ0) is 35.3. The molecule has 0 saturated carbocycles. The van der Waals surface area contributed by atoms with Crippen molar-refractivity contribution in [2.75, 3.05) is 0 Å². The van der Waals surface area contributed by atoms with Gasteiger partial charge in [0, 0.05) is 37.9 Å².